The highest BCUT2D eigenvalue weighted by atomic mass is 16.5. The number of carbonyl (C=O) groups excluding carboxylic acids is 1. The number of nitrogens with one attached hydrogen (secondary N) is 1. The summed E-state index contributed by atoms with van der Waals surface area (Å²) < 4.78 is 5.75. The molecule has 2 fully saturated rings. The van der Waals surface area contributed by atoms with Gasteiger partial charge in [0.2, 0.25) is 5.91 Å². The molecule has 0 aromatic carbocycles. The SMILES string of the molecule is NC1CCCCCC1C(=O)NCCOC1CCCC1. The van der Waals surface area contributed by atoms with E-state index in [0.717, 1.165) is 25.7 Å². The van der Waals surface area contributed by atoms with Crippen LogP contribution in [0.4, 0.5) is 0 Å². The minimum atomic E-state index is 0.00832. The molecule has 110 valence electrons. The highest BCUT2D eigenvalue weighted by Crippen LogP contribution is 2.22. The van der Waals surface area contributed by atoms with Crippen LogP contribution in [0.2, 0.25) is 0 Å². The molecule has 2 saturated carbocycles. The van der Waals surface area contributed by atoms with Crippen molar-refractivity contribution in [3.63, 3.8) is 0 Å². The predicted molar refractivity (Wildman–Crippen MR) is 75.8 cm³/mol. The highest BCUT2D eigenvalue weighted by Gasteiger charge is 2.26. The van der Waals surface area contributed by atoms with Crippen LogP contribution in [-0.4, -0.2) is 31.2 Å². The largest absolute Gasteiger partial charge is 0.376 e. The Kier molecular flexibility index (Phi) is 6.11. The van der Waals surface area contributed by atoms with Crippen LogP contribution in [0.1, 0.15) is 57.8 Å². The monoisotopic (exact) mass is 268 g/mol. The van der Waals surface area contributed by atoms with Crippen molar-refractivity contribution in [3.8, 4) is 0 Å². The van der Waals surface area contributed by atoms with E-state index >= 15 is 0 Å². The van der Waals surface area contributed by atoms with Gasteiger partial charge in [0.15, 0.2) is 0 Å². The van der Waals surface area contributed by atoms with Crippen molar-refractivity contribution < 1.29 is 9.53 Å². The zero-order chi connectivity index (χ0) is 13.5. The smallest absolute Gasteiger partial charge is 0.224 e. The maximum Gasteiger partial charge on any atom is 0.224 e. The van der Waals surface area contributed by atoms with Gasteiger partial charge >= 0.3 is 0 Å². The van der Waals surface area contributed by atoms with Gasteiger partial charge in [0.05, 0.1) is 18.6 Å². The Morgan fingerprint density at radius 1 is 1.05 bits per heavy atom. The lowest BCUT2D eigenvalue weighted by Gasteiger charge is -2.20. The first kappa shape index (κ1) is 14.8. The maximum absolute atomic E-state index is 12.1. The van der Waals surface area contributed by atoms with Crippen LogP contribution < -0.4 is 11.1 Å². The van der Waals surface area contributed by atoms with Gasteiger partial charge in [-0.25, -0.2) is 0 Å². The van der Waals surface area contributed by atoms with Gasteiger partial charge in [-0.15, -0.1) is 0 Å². The lowest BCUT2D eigenvalue weighted by Crippen LogP contribution is -2.42. The van der Waals surface area contributed by atoms with E-state index in [0.29, 0.717) is 19.3 Å². The molecule has 3 N–H and O–H groups in total. The van der Waals surface area contributed by atoms with Crippen molar-refractivity contribution in [2.24, 2.45) is 11.7 Å². The number of amides is 1. The summed E-state index contributed by atoms with van der Waals surface area (Å²) in [7, 11) is 0. The molecule has 0 aromatic rings. The molecular weight excluding hydrogens is 240 g/mol. The summed E-state index contributed by atoms with van der Waals surface area (Å²) in [6.07, 6.45) is 10.8. The Labute approximate surface area is 116 Å². The van der Waals surface area contributed by atoms with E-state index in [4.69, 9.17) is 10.5 Å². The summed E-state index contributed by atoms with van der Waals surface area (Å²) >= 11 is 0. The number of nitrogens with two attached hydrogens (primary N) is 1. The second-order valence-corrected chi connectivity index (χ2v) is 5.98. The van der Waals surface area contributed by atoms with Crippen molar-refractivity contribution in [2.45, 2.75) is 69.9 Å². The summed E-state index contributed by atoms with van der Waals surface area (Å²) in [6.45, 7) is 1.26. The van der Waals surface area contributed by atoms with Gasteiger partial charge in [-0.3, -0.25) is 4.79 Å². The van der Waals surface area contributed by atoms with Crippen molar-refractivity contribution in [3.05, 3.63) is 0 Å². The number of hydrogen-bond donors (Lipinski definition) is 2. The fraction of sp³-hybridized carbons (Fsp3) is 0.933. The van der Waals surface area contributed by atoms with E-state index in [1.165, 1.54) is 32.1 Å². The zero-order valence-corrected chi connectivity index (χ0v) is 11.9. The second kappa shape index (κ2) is 7.85. The van der Waals surface area contributed by atoms with Gasteiger partial charge < -0.3 is 15.8 Å². The first-order valence-electron chi connectivity index (χ1n) is 7.92. The first-order valence-corrected chi connectivity index (χ1v) is 7.92. The Balaban J connectivity index is 1.62. The summed E-state index contributed by atoms with van der Waals surface area (Å²) in [5, 5.41) is 2.99. The van der Waals surface area contributed by atoms with Crippen LogP contribution in [0.3, 0.4) is 0 Å². The first-order chi connectivity index (χ1) is 9.27. The zero-order valence-electron chi connectivity index (χ0n) is 11.9. The number of ether oxygens (including phenoxy) is 1. The Morgan fingerprint density at radius 2 is 1.74 bits per heavy atom. The third-order valence-electron chi connectivity index (χ3n) is 4.46. The summed E-state index contributed by atoms with van der Waals surface area (Å²) in [4.78, 5) is 12.1. The Bertz CT molecular complexity index is 277. The van der Waals surface area contributed by atoms with Gasteiger partial charge in [-0.05, 0) is 25.7 Å². The molecule has 0 radical (unpaired) electrons. The Hall–Kier alpha value is -0.610. The average molecular weight is 268 g/mol. The number of hydrogen-bond acceptors (Lipinski definition) is 3. The van der Waals surface area contributed by atoms with Crippen molar-refractivity contribution in [2.75, 3.05) is 13.2 Å². The lowest BCUT2D eigenvalue weighted by molar-refractivity contribution is -0.126. The van der Waals surface area contributed by atoms with Crippen LogP contribution in [0.5, 0.6) is 0 Å². The predicted octanol–water partition coefficient (Wildman–Crippen LogP) is 1.97. The van der Waals surface area contributed by atoms with Gasteiger partial charge in [0.1, 0.15) is 0 Å². The molecule has 0 aliphatic heterocycles. The number of carbonyl (C=O) groups is 1. The molecule has 0 saturated heterocycles. The second-order valence-electron chi connectivity index (χ2n) is 5.98. The molecule has 2 aliphatic rings. The van der Waals surface area contributed by atoms with Gasteiger partial charge in [-0.2, -0.15) is 0 Å². The number of rotatable bonds is 5. The van der Waals surface area contributed by atoms with E-state index in [2.05, 4.69) is 5.32 Å². The summed E-state index contributed by atoms with van der Waals surface area (Å²) in [5.41, 5.74) is 6.09. The van der Waals surface area contributed by atoms with Crippen LogP contribution in [0.15, 0.2) is 0 Å². The standard InChI is InChI=1S/C15H28N2O2/c16-14-9-3-1-2-8-13(14)15(18)17-10-11-19-12-6-4-5-7-12/h12-14H,1-11,16H2,(H,17,18). The topological polar surface area (TPSA) is 64.4 Å². The molecule has 0 aromatic heterocycles. The van der Waals surface area contributed by atoms with Crippen LogP contribution >= 0.6 is 0 Å². The lowest BCUT2D eigenvalue weighted by atomic mass is 9.95. The van der Waals surface area contributed by atoms with E-state index in [1.54, 1.807) is 0 Å². The average Bonchev–Trinajstić information content (AvgIpc) is 2.82. The summed E-state index contributed by atoms with van der Waals surface area (Å²) in [6, 6.07) is 0.0400. The molecule has 2 aliphatic carbocycles. The van der Waals surface area contributed by atoms with E-state index in [9.17, 15) is 4.79 Å². The molecule has 4 heteroatoms. The van der Waals surface area contributed by atoms with Crippen molar-refractivity contribution >= 4 is 5.91 Å². The molecule has 2 rings (SSSR count). The molecule has 0 bridgehead atoms. The quantitative estimate of drug-likeness (QED) is 0.592. The molecule has 2 unspecified atom stereocenters. The van der Waals surface area contributed by atoms with Gasteiger partial charge in [0, 0.05) is 12.6 Å². The minimum absolute atomic E-state index is 0.00832. The van der Waals surface area contributed by atoms with Crippen molar-refractivity contribution in [1.82, 2.24) is 5.32 Å². The summed E-state index contributed by atoms with van der Waals surface area (Å²) in [5.74, 6) is 0.137. The third kappa shape index (κ3) is 4.77. The van der Waals surface area contributed by atoms with E-state index in [-0.39, 0.29) is 17.9 Å². The fourth-order valence-corrected chi connectivity index (χ4v) is 3.25. The molecule has 1 amide bonds. The molecule has 19 heavy (non-hydrogen) atoms. The minimum Gasteiger partial charge on any atom is -0.376 e. The highest BCUT2D eigenvalue weighted by molar-refractivity contribution is 5.79. The van der Waals surface area contributed by atoms with Gasteiger partial charge in [-0.1, -0.05) is 32.1 Å². The third-order valence-corrected chi connectivity index (χ3v) is 4.46. The van der Waals surface area contributed by atoms with Gasteiger partial charge in [0.25, 0.3) is 0 Å². The molecule has 0 spiro atoms. The normalized spacial score (nSPS) is 29.1. The van der Waals surface area contributed by atoms with Crippen LogP contribution in [-0.2, 0) is 9.53 Å². The van der Waals surface area contributed by atoms with E-state index < -0.39 is 0 Å². The Morgan fingerprint density at radius 3 is 2.53 bits per heavy atom. The fourth-order valence-electron chi connectivity index (χ4n) is 3.25. The molecule has 2 atom stereocenters. The molecule has 0 heterocycles. The maximum atomic E-state index is 12.1. The molecule has 4 nitrogen and oxygen atoms in total. The van der Waals surface area contributed by atoms with Crippen LogP contribution in [0, 0.1) is 5.92 Å². The van der Waals surface area contributed by atoms with E-state index in [1.807, 2.05) is 0 Å². The van der Waals surface area contributed by atoms with Crippen molar-refractivity contribution in [1.29, 1.82) is 0 Å². The van der Waals surface area contributed by atoms with Crippen LogP contribution in [0.25, 0.3) is 0 Å². The molecular formula is C15H28N2O2.